The van der Waals surface area contributed by atoms with Crippen LogP contribution in [0.3, 0.4) is 0 Å². The van der Waals surface area contributed by atoms with E-state index < -0.39 is 0 Å². The number of aromatic amines is 1. The van der Waals surface area contributed by atoms with Crippen molar-refractivity contribution in [2.45, 2.75) is 19.8 Å². The van der Waals surface area contributed by atoms with E-state index in [-0.39, 0.29) is 11.7 Å². The Balaban J connectivity index is 1.90. The highest BCUT2D eigenvalue weighted by Crippen LogP contribution is 2.34. The van der Waals surface area contributed by atoms with Crippen molar-refractivity contribution in [3.63, 3.8) is 0 Å². The molecule has 0 saturated heterocycles. The number of carbonyl (C=O) groups is 1. The van der Waals surface area contributed by atoms with Crippen molar-refractivity contribution in [3.8, 4) is 28.3 Å². The highest BCUT2D eigenvalue weighted by Gasteiger charge is 2.21. The van der Waals surface area contributed by atoms with Crippen LogP contribution in [0.2, 0.25) is 0 Å². The number of nitrogens with zero attached hydrogens (tertiary/aromatic N) is 2. The lowest BCUT2D eigenvalue weighted by atomic mass is 10.0. The maximum atomic E-state index is 13.4. The van der Waals surface area contributed by atoms with Crippen molar-refractivity contribution in [3.05, 3.63) is 66.0 Å². The molecule has 158 valence electrons. The van der Waals surface area contributed by atoms with Crippen molar-refractivity contribution >= 4 is 16.9 Å². The van der Waals surface area contributed by atoms with E-state index in [2.05, 4.69) is 27.4 Å². The number of nitrogens with one attached hydrogen (secondary N) is 2. The molecule has 0 aliphatic heterocycles. The van der Waals surface area contributed by atoms with E-state index in [0.717, 1.165) is 24.0 Å². The summed E-state index contributed by atoms with van der Waals surface area (Å²) in [4.78, 5) is 17.8. The SMILES string of the molecule is CCCCNC(=O)c1cc(-c2ccccc2OC)nc2n[nH]c(-c3ccc(F)cc3)c12. The molecule has 0 radical (unpaired) electrons. The largest absolute Gasteiger partial charge is 0.496 e. The van der Waals surface area contributed by atoms with Crippen molar-refractivity contribution in [1.29, 1.82) is 0 Å². The summed E-state index contributed by atoms with van der Waals surface area (Å²) in [5.74, 6) is 0.115. The highest BCUT2D eigenvalue weighted by molar-refractivity contribution is 6.11. The number of methoxy groups -OCH3 is 1. The predicted molar refractivity (Wildman–Crippen MR) is 119 cm³/mol. The highest BCUT2D eigenvalue weighted by atomic mass is 19.1. The Bertz CT molecular complexity index is 1220. The van der Waals surface area contributed by atoms with Gasteiger partial charge in [-0.05, 0) is 48.9 Å². The third-order valence-corrected chi connectivity index (χ3v) is 5.10. The Kier molecular flexibility index (Phi) is 5.93. The molecular weight excluding hydrogens is 395 g/mol. The molecule has 0 bridgehead atoms. The van der Waals surface area contributed by atoms with Crippen LogP contribution in [-0.4, -0.2) is 34.7 Å². The number of hydrogen-bond acceptors (Lipinski definition) is 4. The lowest BCUT2D eigenvalue weighted by molar-refractivity contribution is 0.0955. The number of H-pyrrole nitrogens is 1. The minimum atomic E-state index is -0.332. The fourth-order valence-electron chi connectivity index (χ4n) is 3.50. The zero-order valence-corrected chi connectivity index (χ0v) is 17.4. The van der Waals surface area contributed by atoms with Crippen molar-refractivity contribution in [2.24, 2.45) is 0 Å². The molecule has 2 aromatic carbocycles. The number of ether oxygens (including phenoxy) is 1. The molecule has 2 aromatic heterocycles. The number of halogens is 1. The van der Waals surface area contributed by atoms with Crippen LogP contribution in [0.4, 0.5) is 4.39 Å². The predicted octanol–water partition coefficient (Wildman–Crippen LogP) is 4.97. The molecule has 0 spiro atoms. The first-order valence-corrected chi connectivity index (χ1v) is 10.2. The molecule has 0 saturated carbocycles. The van der Waals surface area contributed by atoms with E-state index >= 15 is 0 Å². The van der Waals surface area contributed by atoms with Crippen LogP contribution in [0.25, 0.3) is 33.5 Å². The Morgan fingerprint density at radius 3 is 2.68 bits per heavy atom. The van der Waals surface area contributed by atoms with Gasteiger partial charge in [0, 0.05) is 17.7 Å². The van der Waals surface area contributed by atoms with Crippen LogP contribution in [0.5, 0.6) is 5.75 Å². The van der Waals surface area contributed by atoms with Gasteiger partial charge in [-0.2, -0.15) is 5.10 Å². The summed E-state index contributed by atoms with van der Waals surface area (Å²) in [6, 6.07) is 15.3. The number of fused-ring (bicyclic) bond motifs is 1. The molecule has 0 atom stereocenters. The first-order chi connectivity index (χ1) is 15.1. The van der Waals surface area contributed by atoms with Crippen LogP contribution in [0.1, 0.15) is 30.1 Å². The molecule has 31 heavy (non-hydrogen) atoms. The molecule has 4 aromatic rings. The molecule has 2 heterocycles. The Morgan fingerprint density at radius 2 is 1.94 bits per heavy atom. The van der Waals surface area contributed by atoms with E-state index in [1.54, 1.807) is 25.3 Å². The van der Waals surface area contributed by atoms with Gasteiger partial charge in [0.1, 0.15) is 11.6 Å². The maximum absolute atomic E-state index is 13.4. The van der Waals surface area contributed by atoms with E-state index in [0.29, 0.717) is 40.3 Å². The lowest BCUT2D eigenvalue weighted by Gasteiger charge is -2.11. The molecule has 0 unspecified atom stereocenters. The smallest absolute Gasteiger partial charge is 0.252 e. The molecule has 0 fully saturated rings. The fraction of sp³-hybridized carbons (Fsp3) is 0.208. The first-order valence-electron chi connectivity index (χ1n) is 10.2. The quantitative estimate of drug-likeness (QED) is 0.415. The van der Waals surface area contributed by atoms with E-state index in [1.165, 1.54) is 12.1 Å². The first kappa shape index (κ1) is 20.5. The van der Waals surface area contributed by atoms with Gasteiger partial charge in [0.2, 0.25) is 0 Å². The van der Waals surface area contributed by atoms with Gasteiger partial charge in [0.15, 0.2) is 5.65 Å². The zero-order chi connectivity index (χ0) is 21.8. The molecular formula is C24H23FN4O2. The lowest BCUT2D eigenvalue weighted by Crippen LogP contribution is -2.24. The number of unbranched alkanes of at least 4 members (excludes halogenated alkanes) is 1. The van der Waals surface area contributed by atoms with Crippen LogP contribution >= 0.6 is 0 Å². The standard InChI is InChI=1S/C24H23FN4O2/c1-3-4-13-26-24(30)18-14-19(17-7-5-6-8-20(17)31-2)27-23-21(18)22(28-29-23)15-9-11-16(25)12-10-15/h5-12,14H,3-4,13H2,1-2H3,(H,26,30)(H,27,28,29). The molecule has 7 heteroatoms. The summed E-state index contributed by atoms with van der Waals surface area (Å²) in [7, 11) is 1.59. The minimum absolute atomic E-state index is 0.207. The molecule has 4 rings (SSSR count). The number of benzene rings is 2. The number of hydrogen-bond donors (Lipinski definition) is 2. The Labute approximate surface area is 179 Å². The maximum Gasteiger partial charge on any atom is 0.252 e. The third kappa shape index (κ3) is 4.12. The minimum Gasteiger partial charge on any atom is -0.496 e. The zero-order valence-electron chi connectivity index (χ0n) is 17.4. The van der Waals surface area contributed by atoms with E-state index in [9.17, 15) is 9.18 Å². The Hall–Kier alpha value is -3.74. The number of para-hydroxylation sites is 1. The molecule has 0 aliphatic rings. The van der Waals surface area contributed by atoms with Gasteiger partial charge in [0.05, 0.1) is 29.4 Å². The normalized spacial score (nSPS) is 10.9. The van der Waals surface area contributed by atoms with Crippen LogP contribution < -0.4 is 10.1 Å². The molecule has 6 nitrogen and oxygen atoms in total. The second-order valence-corrected chi connectivity index (χ2v) is 7.17. The third-order valence-electron chi connectivity index (χ3n) is 5.10. The molecule has 0 aliphatic carbocycles. The Morgan fingerprint density at radius 1 is 1.16 bits per heavy atom. The number of amides is 1. The van der Waals surface area contributed by atoms with E-state index in [4.69, 9.17) is 4.74 Å². The fourth-order valence-corrected chi connectivity index (χ4v) is 3.50. The summed E-state index contributed by atoms with van der Waals surface area (Å²) >= 11 is 0. The summed E-state index contributed by atoms with van der Waals surface area (Å²) in [5, 5.41) is 10.9. The topological polar surface area (TPSA) is 79.9 Å². The van der Waals surface area contributed by atoms with Gasteiger partial charge >= 0.3 is 0 Å². The number of aromatic nitrogens is 3. The summed E-state index contributed by atoms with van der Waals surface area (Å²) in [5.41, 5.74) is 3.55. The van der Waals surface area contributed by atoms with Crippen LogP contribution in [0.15, 0.2) is 54.6 Å². The monoisotopic (exact) mass is 418 g/mol. The van der Waals surface area contributed by atoms with Crippen LogP contribution in [-0.2, 0) is 0 Å². The second-order valence-electron chi connectivity index (χ2n) is 7.17. The van der Waals surface area contributed by atoms with Gasteiger partial charge in [-0.25, -0.2) is 9.37 Å². The van der Waals surface area contributed by atoms with Crippen LogP contribution in [0, 0.1) is 5.82 Å². The van der Waals surface area contributed by atoms with Crippen molar-refractivity contribution in [2.75, 3.05) is 13.7 Å². The van der Waals surface area contributed by atoms with Gasteiger partial charge in [0.25, 0.3) is 5.91 Å². The summed E-state index contributed by atoms with van der Waals surface area (Å²) in [6.45, 7) is 2.65. The second kappa shape index (κ2) is 8.95. The number of carbonyl (C=O) groups excluding carboxylic acids is 1. The van der Waals surface area contributed by atoms with E-state index in [1.807, 2.05) is 24.3 Å². The molecule has 2 N–H and O–H groups in total. The average molecular weight is 418 g/mol. The van der Waals surface area contributed by atoms with Gasteiger partial charge in [-0.3, -0.25) is 9.89 Å². The number of rotatable bonds is 7. The number of pyridine rings is 1. The van der Waals surface area contributed by atoms with Gasteiger partial charge in [-0.15, -0.1) is 0 Å². The van der Waals surface area contributed by atoms with Gasteiger partial charge in [-0.1, -0.05) is 25.5 Å². The average Bonchev–Trinajstić information content (AvgIpc) is 3.23. The molecule has 1 amide bonds. The van der Waals surface area contributed by atoms with Crippen molar-refractivity contribution in [1.82, 2.24) is 20.5 Å². The summed E-state index contributed by atoms with van der Waals surface area (Å²) < 4.78 is 18.9. The summed E-state index contributed by atoms with van der Waals surface area (Å²) in [6.07, 6.45) is 1.86. The van der Waals surface area contributed by atoms with Gasteiger partial charge < -0.3 is 10.1 Å². The van der Waals surface area contributed by atoms with Crippen molar-refractivity contribution < 1.29 is 13.9 Å².